The fraction of sp³-hybridized carbons (Fsp3) is 0.435. The highest BCUT2D eigenvalue weighted by atomic mass is 32.1. The molecule has 0 radical (unpaired) electrons. The lowest BCUT2D eigenvalue weighted by Crippen LogP contribution is -2.50. The molecule has 2 aliphatic heterocycles. The average Bonchev–Trinajstić information content (AvgIpc) is 3.53. The number of fused-ring (bicyclic) bond motifs is 3. The highest BCUT2D eigenvalue weighted by Gasteiger charge is 2.43. The Morgan fingerprint density at radius 1 is 1.42 bits per heavy atom. The van der Waals surface area contributed by atoms with Gasteiger partial charge in [-0.15, -0.1) is 11.3 Å². The van der Waals surface area contributed by atoms with Crippen LogP contribution in [-0.2, 0) is 22.4 Å². The molecule has 6 nitrogen and oxygen atoms in total. The summed E-state index contributed by atoms with van der Waals surface area (Å²) in [4.78, 5) is 27.3. The molecular formula is C23H23FN4O2S. The molecule has 8 heteroatoms. The van der Waals surface area contributed by atoms with Crippen molar-refractivity contribution >= 4 is 28.8 Å². The first-order valence-corrected chi connectivity index (χ1v) is 11.4. The SMILES string of the molecule is CN1C(=O)Cc2ccc(-c3cc(F)c(CC(C#N)NC(=O)C4N[C@@H]5CC[C@H]4C5)s3)cc21. The van der Waals surface area contributed by atoms with Gasteiger partial charge in [0.25, 0.3) is 0 Å². The zero-order valence-electron chi connectivity index (χ0n) is 17.2. The van der Waals surface area contributed by atoms with Crippen molar-refractivity contribution in [3.05, 3.63) is 40.5 Å². The van der Waals surface area contributed by atoms with E-state index in [0.717, 1.165) is 41.0 Å². The van der Waals surface area contributed by atoms with Crippen LogP contribution in [0.15, 0.2) is 24.3 Å². The van der Waals surface area contributed by atoms with E-state index in [-0.39, 0.29) is 30.1 Å². The molecule has 1 aromatic carbocycles. The van der Waals surface area contributed by atoms with Crippen LogP contribution in [0.25, 0.3) is 10.4 Å². The van der Waals surface area contributed by atoms with Crippen LogP contribution in [0, 0.1) is 23.1 Å². The predicted octanol–water partition coefficient (Wildman–Crippen LogP) is 2.76. The number of hydrogen-bond acceptors (Lipinski definition) is 5. The van der Waals surface area contributed by atoms with Crippen molar-refractivity contribution in [2.45, 2.75) is 50.2 Å². The van der Waals surface area contributed by atoms with Crippen LogP contribution in [0.5, 0.6) is 0 Å². The Balaban J connectivity index is 1.30. The Bertz CT molecular complexity index is 1110. The molecule has 1 saturated heterocycles. The molecule has 1 aliphatic carbocycles. The Morgan fingerprint density at radius 3 is 2.97 bits per heavy atom. The van der Waals surface area contributed by atoms with Gasteiger partial charge in [-0.25, -0.2) is 4.39 Å². The van der Waals surface area contributed by atoms with Gasteiger partial charge in [0.05, 0.1) is 18.5 Å². The van der Waals surface area contributed by atoms with E-state index in [1.165, 1.54) is 17.4 Å². The molecular weight excluding hydrogens is 415 g/mol. The van der Waals surface area contributed by atoms with E-state index >= 15 is 0 Å². The molecule has 31 heavy (non-hydrogen) atoms. The minimum atomic E-state index is -0.779. The monoisotopic (exact) mass is 438 g/mol. The van der Waals surface area contributed by atoms with Crippen LogP contribution in [0.4, 0.5) is 10.1 Å². The molecule has 160 valence electrons. The molecule has 2 fully saturated rings. The first-order valence-electron chi connectivity index (χ1n) is 10.6. The molecule has 4 atom stereocenters. The number of nitriles is 1. The Morgan fingerprint density at radius 2 is 2.26 bits per heavy atom. The molecule has 1 aromatic heterocycles. The lowest BCUT2D eigenvalue weighted by molar-refractivity contribution is -0.124. The number of carbonyl (C=O) groups excluding carboxylic acids is 2. The first kappa shape index (κ1) is 20.2. The Kier molecular flexibility index (Phi) is 5.03. The fourth-order valence-electron chi connectivity index (χ4n) is 5.01. The first-order chi connectivity index (χ1) is 14.9. The van der Waals surface area contributed by atoms with Crippen LogP contribution in [-0.4, -0.2) is 37.0 Å². The minimum Gasteiger partial charge on any atom is -0.339 e. The molecule has 2 bridgehead atoms. The fourth-order valence-corrected chi connectivity index (χ4v) is 6.09. The molecule has 2 amide bonds. The van der Waals surface area contributed by atoms with Gasteiger partial charge in [-0.2, -0.15) is 5.26 Å². The lowest BCUT2D eigenvalue weighted by atomic mass is 9.99. The maximum Gasteiger partial charge on any atom is 0.238 e. The number of rotatable bonds is 5. The minimum absolute atomic E-state index is 0.0442. The second kappa shape index (κ2) is 7.74. The highest BCUT2D eigenvalue weighted by Crippen LogP contribution is 2.37. The predicted molar refractivity (Wildman–Crippen MR) is 116 cm³/mol. The summed E-state index contributed by atoms with van der Waals surface area (Å²) in [6.45, 7) is 0. The molecule has 1 saturated carbocycles. The van der Waals surface area contributed by atoms with E-state index in [1.807, 2.05) is 18.2 Å². The topological polar surface area (TPSA) is 85.2 Å². The quantitative estimate of drug-likeness (QED) is 0.752. The van der Waals surface area contributed by atoms with Gasteiger partial charge in [-0.3, -0.25) is 9.59 Å². The number of likely N-dealkylation sites (N-methyl/N-ethyl adjacent to an activating group) is 1. The van der Waals surface area contributed by atoms with E-state index in [1.54, 1.807) is 11.9 Å². The maximum absolute atomic E-state index is 14.7. The highest BCUT2D eigenvalue weighted by molar-refractivity contribution is 7.15. The third-order valence-electron chi connectivity index (χ3n) is 6.71. The van der Waals surface area contributed by atoms with Crippen LogP contribution >= 0.6 is 11.3 Å². The summed E-state index contributed by atoms with van der Waals surface area (Å²) in [6.07, 6.45) is 3.67. The molecule has 2 N–H and O–H groups in total. The normalized spacial score (nSPS) is 24.9. The third kappa shape index (κ3) is 3.62. The second-order valence-electron chi connectivity index (χ2n) is 8.66. The van der Waals surface area contributed by atoms with Crippen molar-refractivity contribution in [2.24, 2.45) is 5.92 Å². The zero-order chi connectivity index (χ0) is 21.7. The lowest BCUT2D eigenvalue weighted by Gasteiger charge is -2.23. The summed E-state index contributed by atoms with van der Waals surface area (Å²) in [6, 6.07) is 8.65. The van der Waals surface area contributed by atoms with Crippen molar-refractivity contribution < 1.29 is 14.0 Å². The van der Waals surface area contributed by atoms with Gasteiger partial charge >= 0.3 is 0 Å². The summed E-state index contributed by atoms with van der Waals surface area (Å²) in [5.74, 6) is -0.165. The number of halogens is 1. The average molecular weight is 439 g/mol. The number of nitrogens with zero attached hydrogens (tertiary/aromatic N) is 2. The van der Waals surface area contributed by atoms with E-state index in [0.29, 0.717) is 23.3 Å². The van der Waals surface area contributed by atoms with E-state index in [2.05, 4.69) is 16.7 Å². The summed E-state index contributed by atoms with van der Waals surface area (Å²) >= 11 is 1.28. The largest absolute Gasteiger partial charge is 0.339 e. The molecule has 3 aliphatic rings. The number of amides is 2. The van der Waals surface area contributed by atoms with Crippen molar-refractivity contribution in [1.82, 2.24) is 10.6 Å². The van der Waals surface area contributed by atoms with Crippen LogP contribution < -0.4 is 15.5 Å². The van der Waals surface area contributed by atoms with Crippen molar-refractivity contribution in [1.29, 1.82) is 5.26 Å². The number of carbonyl (C=O) groups is 2. The number of hydrogen-bond donors (Lipinski definition) is 2. The van der Waals surface area contributed by atoms with Gasteiger partial charge < -0.3 is 15.5 Å². The van der Waals surface area contributed by atoms with Crippen LogP contribution in [0.2, 0.25) is 0 Å². The summed E-state index contributed by atoms with van der Waals surface area (Å²) < 4.78 is 14.7. The molecule has 2 aromatic rings. The van der Waals surface area contributed by atoms with Crippen LogP contribution in [0.3, 0.4) is 0 Å². The smallest absolute Gasteiger partial charge is 0.238 e. The standard InChI is InChI=1S/C23H23FN4O2S/c1-28-18-7-13(3-2-12(18)8-21(28)29)19-10-17(24)20(31-19)9-16(11-25)27-23(30)22-14-4-5-15(6-14)26-22/h2-3,7,10,14-16,22,26H,4-6,8-9H2,1H3,(H,27,30)/t14-,15+,16?,22?/m0/s1. The number of thiophene rings is 1. The van der Waals surface area contributed by atoms with Crippen molar-refractivity contribution in [2.75, 3.05) is 11.9 Å². The summed E-state index contributed by atoms with van der Waals surface area (Å²) in [7, 11) is 1.74. The third-order valence-corrected chi connectivity index (χ3v) is 7.89. The van der Waals surface area contributed by atoms with Gasteiger partial charge in [-0.05, 0) is 48.4 Å². The number of piperidine rings is 1. The summed E-state index contributed by atoms with van der Waals surface area (Å²) in [5.41, 5.74) is 2.65. The van der Waals surface area contributed by atoms with Crippen molar-refractivity contribution in [3.8, 4) is 16.5 Å². The molecule has 2 unspecified atom stereocenters. The van der Waals surface area contributed by atoms with E-state index in [9.17, 15) is 19.2 Å². The molecule has 3 heterocycles. The van der Waals surface area contributed by atoms with E-state index < -0.39 is 6.04 Å². The van der Waals surface area contributed by atoms with Gasteiger partial charge in [0.2, 0.25) is 11.8 Å². The van der Waals surface area contributed by atoms with Crippen molar-refractivity contribution in [3.63, 3.8) is 0 Å². The van der Waals surface area contributed by atoms with Gasteiger partial charge in [-0.1, -0.05) is 12.1 Å². The van der Waals surface area contributed by atoms with Crippen LogP contribution in [0.1, 0.15) is 29.7 Å². The Hall–Kier alpha value is -2.76. The number of benzene rings is 1. The second-order valence-corrected chi connectivity index (χ2v) is 9.80. The molecule has 0 spiro atoms. The number of nitrogens with one attached hydrogen (secondary N) is 2. The summed E-state index contributed by atoms with van der Waals surface area (Å²) in [5, 5.41) is 15.7. The van der Waals surface area contributed by atoms with E-state index in [4.69, 9.17) is 0 Å². The maximum atomic E-state index is 14.7. The van der Waals surface area contributed by atoms with Gasteiger partial charge in [0.1, 0.15) is 11.9 Å². The molecule has 5 rings (SSSR count). The number of anilines is 1. The van der Waals surface area contributed by atoms with Gasteiger partial charge in [0.15, 0.2) is 0 Å². The Labute approximate surface area is 184 Å². The zero-order valence-corrected chi connectivity index (χ0v) is 18.0. The van der Waals surface area contributed by atoms with Gasteiger partial charge in [0, 0.05) is 35.0 Å².